The first-order valence-corrected chi connectivity index (χ1v) is 9.89. The van der Waals surface area contributed by atoms with Gasteiger partial charge in [-0.15, -0.1) is 11.3 Å². The maximum absolute atomic E-state index is 13.3. The summed E-state index contributed by atoms with van der Waals surface area (Å²) < 4.78 is 53.1. The van der Waals surface area contributed by atoms with Gasteiger partial charge in [0.1, 0.15) is 10.3 Å². The summed E-state index contributed by atoms with van der Waals surface area (Å²) in [4.78, 5) is 13.3. The lowest BCUT2D eigenvalue weighted by molar-refractivity contribution is -0.119. The number of thiophene rings is 1. The Morgan fingerprint density at radius 2 is 2.00 bits per heavy atom. The number of hydrogen-bond donors (Lipinski definition) is 1. The maximum Gasteiger partial charge on any atom is 0.253 e. The van der Waals surface area contributed by atoms with Gasteiger partial charge >= 0.3 is 0 Å². The van der Waals surface area contributed by atoms with Gasteiger partial charge < -0.3 is 5.32 Å². The topological polar surface area (TPSA) is 66.5 Å². The number of carbonyl (C=O) groups excluding carboxylic acids is 1. The van der Waals surface area contributed by atoms with Crippen molar-refractivity contribution < 1.29 is 22.0 Å². The highest BCUT2D eigenvalue weighted by atomic mass is 32.2. The summed E-state index contributed by atoms with van der Waals surface area (Å²) in [5.41, 5.74) is 0.0834. The third-order valence-corrected chi connectivity index (χ3v) is 7.35. The molecule has 1 aromatic heterocycles. The monoisotopic (exact) mass is 386 g/mol. The fraction of sp³-hybridized carbons (Fsp3) is 0.312. The molecule has 1 unspecified atom stereocenters. The molecule has 2 aromatic rings. The zero-order valence-corrected chi connectivity index (χ0v) is 15.0. The van der Waals surface area contributed by atoms with Crippen molar-refractivity contribution in [3.05, 3.63) is 46.8 Å². The van der Waals surface area contributed by atoms with Gasteiger partial charge in [0.2, 0.25) is 5.91 Å². The van der Waals surface area contributed by atoms with Gasteiger partial charge in [-0.05, 0) is 44.0 Å². The molecule has 1 aliphatic heterocycles. The predicted octanol–water partition coefficient (Wildman–Crippen LogP) is 3.13. The number of anilines is 1. The van der Waals surface area contributed by atoms with E-state index >= 15 is 0 Å². The van der Waals surface area contributed by atoms with E-state index in [2.05, 4.69) is 5.32 Å². The number of nitrogens with zero attached hydrogens (tertiary/aromatic N) is 1. The van der Waals surface area contributed by atoms with Gasteiger partial charge in [-0.25, -0.2) is 17.2 Å². The van der Waals surface area contributed by atoms with E-state index in [1.165, 1.54) is 16.4 Å². The maximum atomic E-state index is 13.3. The summed E-state index contributed by atoms with van der Waals surface area (Å²) in [6.07, 6.45) is 0.929. The number of nitrogens with one attached hydrogen (secondary N) is 1. The molecule has 5 nitrogen and oxygen atoms in total. The molecule has 1 aromatic carbocycles. The number of amides is 1. The van der Waals surface area contributed by atoms with Crippen LogP contribution in [-0.2, 0) is 14.8 Å². The molecule has 0 saturated carbocycles. The normalized spacial score (nSPS) is 18.4. The highest BCUT2D eigenvalue weighted by Gasteiger charge is 2.40. The average molecular weight is 386 g/mol. The highest BCUT2D eigenvalue weighted by Crippen LogP contribution is 2.30. The van der Waals surface area contributed by atoms with Crippen molar-refractivity contribution in [2.75, 3.05) is 11.9 Å². The Bertz CT molecular complexity index is 912. The van der Waals surface area contributed by atoms with Crippen molar-refractivity contribution in [3.63, 3.8) is 0 Å². The van der Waals surface area contributed by atoms with Crippen LogP contribution >= 0.6 is 11.3 Å². The number of benzene rings is 1. The molecule has 2 heterocycles. The molecule has 0 radical (unpaired) electrons. The van der Waals surface area contributed by atoms with Crippen LogP contribution in [0.1, 0.15) is 17.7 Å². The summed E-state index contributed by atoms with van der Waals surface area (Å²) in [6, 6.07) is 5.36. The number of rotatable bonds is 4. The zero-order valence-electron chi connectivity index (χ0n) is 13.3. The van der Waals surface area contributed by atoms with Gasteiger partial charge in [-0.1, -0.05) is 0 Å². The van der Waals surface area contributed by atoms with E-state index in [4.69, 9.17) is 0 Å². The second-order valence-electron chi connectivity index (χ2n) is 5.76. The number of hydrogen-bond acceptors (Lipinski definition) is 4. The fourth-order valence-electron chi connectivity index (χ4n) is 2.76. The quantitative estimate of drug-likeness (QED) is 0.878. The van der Waals surface area contributed by atoms with Crippen molar-refractivity contribution >= 4 is 33.0 Å². The van der Waals surface area contributed by atoms with Gasteiger partial charge in [0.15, 0.2) is 11.6 Å². The zero-order chi connectivity index (χ0) is 18.2. The Hall–Kier alpha value is -1.84. The molecule has 0 aliphatic carbocycles. The molecule has 1 fully saturated rings. The lowest BCUT2D eigenvalue weighted by Crippen LogP contribution is -2.42. The van der Waals surface area contributed by atoms with E-state index in [-0.39, 0.29) is 16.4 Å². The summed E-state index contributed by atoms with van der Waals surface area (Å²) in [6.45, 7) is 2.05. The first-order valence-electron chi connectivity index (χ1n) is 7.63. The van der Waals surface area contributed by atoms with Crippen LogP contribution in [-0.4, -0.2) is 31.2 Å². The van der Waals surface area contributed by atoms with Gasteiger partial charge in [-0.2, -0.15) is 4.31 Å². The van der Waals surface area contributed by atoms with E-state index in [9.17, 15) is 22.0 Å². The van der Waals surface area contributed by atoms with Crippen LogP contribution < -0.4 is 5.32 Å². The molecule has 0 bridgehead atoms. The number of carbonyl (C=O) groups is 1. The first kappa shape index (κ1) is 18.0. The Morgan fingerprint density at radius 3 is 2.64 bits per heavy atom. The molecule has 1 aliphatic rings. The molecule has 1 atom stereocenters. The van der Waals surface area contributed by atoms with E-state index in [1.54, 1.807) is 13.0 Å². The molecule has 1 saturated heterocycles. The fourth-order valence-corrected chi connectivity index (χ4v) is 5.82. The van der Waals surface area contributed by atoms with Gasteiger partial charge in [0.05, 0.1) is 0 Å². The number of aryl methyl sites for hydroxylation is 1. The Labute approximate surface area is 148 Å². The first-order chi connectivity index (χ1) is 11.8. The van der Waals surface area contributed by atoms with E-state index in [1.807, 2.05) is 0 Å². The molecule has 1 amide bonds. The molecular weight excluding hydrogens is 370 g/mol. The van der Waals surface area contributed by atoms with E-state index in [0.29, 0.717) is 12.8 Å². The lowest BCUT2D eigenvalue weighted by Gasteiger charge is -2.22. The third-order valence-electron chi connectivity index (χ3n) is 3.97. The minimum absolute atomic E-state index is 0.0834. The van der Waals surface area contributed by atoms with Gasteiger partial charge in [0.25, 0.3) is 10.0 Å². The predicted molar refractivity (Wildman–Crippen MR) is 91.0 cm³/mol. The van der Waals surface area contributed by atoms with Crippen LogP contribution in [0.25, 0.3) is 0 Å². The van der Waals surface area contributed by atoms with Gasteiger partial charge in [0, 0.05) is 23.2 Å². The largest absolute Gasteiger partial charge is 0.325 e. The van der Waals surface area contributed by atoms with Crippen molar-refractivity contribution in [2.45, 2.75) is 30.0 Å². The Morgan fingerprint density at radius 1 is 1.24 bits per heavy atom. The molecular formula is C16H16F2N2O3S2. The second-order valence-corrected chi connectivity index (χ2v) is 9.16. The molecule has 25 heavy (non-hydrogen) atoms. The Kier molecular flexibility index (Phi) is 4.90. The smallest absolute Gasteiger partial charge is 0.253 e. The minimum atomic E-state index is -3.76. The SMILES string of the molecule is Cc1ccc(S(=O)(=O)N2CCCC2C(=O)Nc2ccc(F)c(F)c2)s1. The summed E-state index contributed by atoms with van der Waals surface area (Å²) in [7, 11) is -3.76. The van der Waals surface area contributed by atoms with Crippen molar-refractivity contribution in [1.29, 1.82) is 0 Å². The van der Waals surface area contributed by atoms with Crippen molar-refractivity contribution in [1.82, 2.24) is 4.31 Å². The van der Waals surface area contributed by atoms with Crippen LogP contribution in [0.15, 0.2) is 34.5 Å². The summed E-state index contributed by atoms with van der Waals surface area (Å²) in [5, 5.41) is 2.46. The second kappa shape index (κ2) is 6.81. The minimum Gasteiger partial charge on any atom is -0.325 e. The number of halogens is 2. The molecule has 134 valence electrons. The van der Waals surface area contributed by atoms with Crippen molar-refractivity contribution in [3.8, 4) is 0 Å². The van der Waals surface area contributed by atoms with E-state index < -0.39 is 33.6 Å². The van der Waals surface area contributed by atoms with Crippen LogP contribution in [0, 0.1) is 18.6 Å². The van der Waals surface area contributed by atoms with Crippen molar-refractivity contribution in [2.24, 2.45) is 0 Å². The standard InChI is InChI=1S/C16H16F2N2O3S2/c1-10-4-7-15(24-10)25(22,23)20-8-2-3-14(20)16(21)19-11-5-6-12(17)13(18)9-11/h4-7,9,14H,2-3,8H2,1H3,(H,19,21). The molecule has 3 rings (SSSR count). The average Bonchev–Trinajstić information content (AvgIpc) is 3.20. The number of sulfonamides is 1. The molecule has 9 heteroatoms. The van der Waals surface area contributed by atoms with Gasteiger partial charge in [-0.3, -0.25) is 4.79 Å². The summed E-state index contributed by atoms with van der Waals surface area (Å²) in [5.74, 6) is -2.65. The Balaban J connectivity index is 1.81. The molecule has 1 N–H and O–H groups in total. The molecule has 0 spiro atoms. The van der Waals surface area contributed by atoms with Crippen LogP contribution in [0.4, 0.5) is 14.5 Å². The lowest BCUT2D eigenvalue weighted by atomic mass is 10.2. The van der Waals surface area contributed by atoms with E-state index in [0.717, 1.165) is 28.3 Å². The highest BCUT2D eigenvalue weighted by molar-refractivity contribution is 7.91. The van der Waals surface area contributed by atoms with Crippen LogP contribution in [0.3, 0.4) is 0 Å². The third kappa shape index (κ3) is 3.58. The van der Waals surface area contributed by atoms with Crippen LogP contribution in [0.2, 0.25) is 0 Å². The van der Waals surface area contributed by atoms with Crippen LogP contribution in [0.5, 0.6) is 0 Å². The summed E-state index contributed by atoms with van der Waals surface area (Å²) >= 11 is 1.15.